The lowest BCUT2D eigenvalue weighted by atomic mass is 9.94. The molecule has 1 N–H and O–H groups in total. The van der Waals surface area contributed by atoms with E-state index in [4.69, 9.17) is 0 Å². The van der Waals surface area contributed by atoms with Crippen LogP contribution in [-0.4, -0.2) is 30.0 Å². The van der Waals surface area contributed by atoms with Gasteiger partial charge in [0, 0.05) is 35.2 Å². The molecule has 1 atom stereocenters. The summed E-state index contributed by atoms with van der Waals surface area (Å²) in [6.45, 7) is 6.22. The highest BCUT2D eigenvalue weighted by molar-refractivity contribution is 9.10. The normalized spacial score (nSPS) is 19.3. The van der Waals surface area contributed by atoms with Gasteiger partial charge in [0.25, 0.3) is 0 Å². The van der Waals surface area contributed by atoms with Crippen molar-refractivity contribution in [1.82, 2.24) is 10.3 Å². The predicted octanol–water partition coefficient (Wildman–Crippen LogP) is 3.99. The Kier molecular flexibility index (Phi) is 5.47. The average Bonchev–Trinajstić information content (AvgIpc) is 2.45. The Morgan fingerprint density at radius 1 is 1.38 bits per heavy atom. The minimum atomic E-state index is -4.48. The van der Waals surface area contributed by atoms with Gasteiger partial charge in [0.2, 0.25) is 5.91 Å². The summed E-state index contributed by atoms with van der Waals surface area (Å²) in [6.07, 6.45) is -1.67. The molecule has 0 spiro atoms. The van der Waals surface area contributed by atoms with Crippen molar-refractivity contribution in [2.45, 2.75) is 45.8 Å². The van der Waals surface area contributed by atoms with Gasteiger partial charge in [0.05, 0.1) is 5.56 Å². The zero-order chi connectivity index (χ0) is 18.1. The highest BCUT2D eigenvalue weighted by Crippen LogP contribution is 2.37. The first-order chi connectivity index (χ1) is 11.0. The molecule has 1 amide bonds. The quantitative estimate of drug-likeness (QED) is 0.805. The van der Waals surface area contributed by atoms with Gasteiger partial charge >= 0.3 is 6.18 Å². The molecule has 1 fully saturated rings. The summed E-state index contributed by atoms with van der Waals surface area (Å²) in [5, 5.41) is 2.93. The van der Waals surface area contributed by atoms with E-state index < -0.39 is 17.2 Å². The molecule has 2 heterocycles. The third-order valence-corrected chi connectivity index (χ3v) is 4.31. The smallest absolute Gasteiger partial charge is 0.354 e. The molecule has 0 radical (unpaired) electrons. The monoisotopic (exact) mass is 407 g/mol. The van der Waals surface area contributed by atoms with Crippen molar-refractivity contribution in [3.63, 3.8) is 0 Å². The van der Waals surface area contributed by atoms with E-state index in [0.29, 0.717) is 19.5 Å². The van der Waals surface area contributed by atoms with E-state index in [-0.39, 0.29) is 22.2 Å². The first-order valence-electron chi connectivity index (χ1n) is 7.77. The standard InChI is InChI=1S/C16H21BrF3N3O/c1-15(2,3)14(24)22-11-5-4-6-23(9-11)13-12(16(18,19)20)7-10(17)8-21-13/h7-8,11H,4-6,9H2,1-3H3,(H,22,24). The summed E-state index contributed by atoms with van der Waals surface area (Å²) in [5.41, 5.74) is -1.30. The molecular formula is C16H21BrF3N3O. The van der Waals surface area contributed by atoms with Crippen molar-refractivity contribution in [2.24, 2.45) is 5.41 Å². The van der Waals surface area contributed by atoms with E-state index in [1.807, 2.05) is 0 Å². The van der Waals surface area contributed by atoms with Crippen molar-refractivity contribution in [3.8, 4) is 0 Å². The van der Waals surface area contributed by atoms with Gasteiger partial charge in [-0.1, -0.05) is 20.8 Å². The number of nitrogens with zero attached hydrogens (tertiary/aromatic N) is 2. The van der Waals surface area contributed by atoms with Crippen LogP contribution in [0.15, 0.2) is 16.7 Å². The number of nitrogens with one attached hydrogen (secondary N) is 1. The topological polar surface area (TPSA) is 45.2 Å². The number of alkyl halides is 3. The number of piperidine rings is 1. The van der Waals surface area contributed by atoms with Crippen LogP contribution in [0.1, 0.15) is 39.2 Å². The van der Waals surface area contributed by atoms with E-state index in [1.165, 1.54) is 6.20 Å². The molecule has 0 aliphatic carbocycles. The molecular weight excluding hydrogens is 387 g/mol. The Balaban J connectivity index is 2.20. The third-order valence-electron chi connectivity index (χ3n) is 3.88. The molecule has 1 aliphatic heterocycles. The van der Waals surface area contributed by atoms with Gasteiger partial charge in [-0.25, -0.2) is 4.98 Å². The molecule has 0 saturated carbocycles. The fourth-order valence-corrected chi connectivity index (χ4v) is 2.91. The minimum absolute atomic E-state index is 0.0830. The zero-order valence-corrected chi connectivity index (χ0v) is 15.5. The Morgan fingerprint density at radius 3 is 2.62 bits per heavy atom. The van der Waals surface area contributed by atoms with Gasteiger partial charge < -0.3 is 10.2 Å². The maximum absolute atomic E-state index is 13.3. The largest absolute Gasteiger partial charge is 0.419 e. The Hall–Kier alpha value is -1.31. The number of amides is 1. The lowest BCUT2D eigenvalue weighted by molar-refractivity contribution is -0.137. The average molecular weight is 408 g/mol. The number of rotatable bonds is 2. The summed E-state index contributed by atoms with van der Waals surface area (Å²) in [5.74, 6) is -0.186. The van der Waals surface area contributed by atoms with Crippen molar-refractivity contribution in [3.05, 3.63) is 22.3 Å². The SMILES string of the molecule is CC(C)(C)C(=O)NC1CCCN(c2ncc(Br)cc2C(F)(F)F)C1. The maximum atomic E-state index is 13.3. The van der Waals surface area contributed by atoms with E-state index in [9.17, 15) is 18.0 Å². The summed E-state index contributed by atoms with van der Waals surface area (Å²) in [6, 6.07) is 0.858. The second-order valence-electron chi connectivity index (χ2n) is 7.03. The molecule has 0 bridgehead atoms. The summed E-state index contributed by atoms with van der Waals surface area (Å²) in [7, 11) is 0. The summed E-state index contributed by atoms with van der Waals surface area (Å²) < 4.78 is 40.2. The van der Waals surface area contributed by atoms with Gasteiger partial charge in [-0.05, 0) is 34.8 Å². The minimum Gasteiger partial charge on any atom is -0.354 e. The molecule has 134 valence electrons. The van der Waals surface area contributed by atoms with Crippen LogP contribution >= 0.6 is 15.9 Å². The highest BCUT2D eigenvalue weighted by atomic mass is 79.9. The van der Waals surface area contributed by atoms with Crippen molar-refractivity contribution >= 4 is 27.7 Å². The lowest BCUT2D eigenvalue weighted by Gasteiger charge is -2.36. The fourth-order valence-electron chi connectivity index (χ4n) is 2.58. The first-order valence-corrected chi connectivity index (χ1v) is 8.56. The number of pyridine rings is 1. The van der Waals surface area contributed by atoms with E-state index in [1.54, 1.807) is 25.7 Å². The molecule has 1 unspecified atom stereocenters. The molecule has 0 aromatic carbocycles. The van der Waals surface area contributed by atoms with Crippen LogP contribution in [-0.2, 0) is 11.0 Å². The number of halogens is 4. The van der Waals surface area contributed by atoms with Crippen molar-refractivity contribution < 1.29 is 18.0 Å². The molecule has 1 aliphatic rings. The first kappa shape index (κ1) is 19.0. The number of carbonyl (C=O) groups excluding carboxylic acids is 1. The number of hydrogen-bond acceptors (Lipinski definition) is 3. The molecule has 8 heteroatoms. The second kappa shape index (κ2) is 6.90. The zero-order valence-electron chi connectivity index (χ0n) is 13.9. The number of hydrogen-bond donors (Lipinski definition) is 1. The van der Waals surface area contributed by atoms with Crippen LogP contribution in [0.5, 0.6) is 0 Å². The van der Waals surface area contributed by atoms with Gasteiger partial charge in [0.15, 0.2) is 0 Å². The van der Waals surface area contributed by atoms with Gasteiger partial charge in [-0.3, -0.25) is 4.79 Å². The molecule has 2 rings (SSSR count). The van der Waals surface area contributed by atoms with E-state index >= 15 is 0 Å². The van der Waals surface area contributed by atoms with E-state index in [2.05, 4.69) is 26.2 Å². The summed E-state index contributed by atoms with van der Waals surface area (Å²) in [4.78, 5) is 17.7. The van der Waals surface area contributed by atoms with Crippen LogP contribution in [0.25, 0.3) is 0 Å². The molecule has 24 heavy (non-hydrogen) atoms. The number of aromatic nitrogens is 1. The van der Waals surface area contributed by atoms with E-state index in [0.717, 1.165) is 12.5 Å². The van der Waals surface area contributed by atoms with Crippen molar-refractivity contribution in [2.75, 3.05) is 18.0 Å². The van der Waals surface area contributed by atoms with Crippen LogP contribution in [0, 0.1) is 5.41 Å². The fraction of sp³-hybridized carbons (Fsp3) is 0.625. The predicted molar refractivity (Wildman–Crippen MR) is 89.8 cm³/mol. The second-order valence-corrected chi connectivity index (χ2v) is 7.95. The highest BCUT2D eigenvalue weighted by Gasteiger charge is 2.37. The van der Waals surface area contributed by atoms with Gasteiger partial charge in [-0.2, -0.15) is 13.2 Å². The Bertz CT molecular complexity index is 614. The Morgan fingerprint density at radius 2 is 2.04 bits per heavy atom. The van der Waals surface area contributed by atoms with Crippen LogP contribution in [0.3, 0.4) is 0 Å². The molecule has 1 aromatic heterocycles. The lowest BCUT2D eigenvalue weighted by Crippen LogP contribution is -2.51. The molecule has 1 saturated heterocycles. The molecule has 1 aromatic rings. The number of carbonyl (C=O) groups is 1. The summed E-state index contributed by atoms with van der Waals surface area (Å²) >= 11 is 3.04. The molecule has 4 nitrogen and oxygen atoms in total. The number of anilines is 1. The third kappa shape index (κ3) is 4.62. The van der Waals surface area contributed by atoms with Gasteiger partial charge in [0.1, 0.15) is 5.82 Å². The van der Waals surface area contributed by atoms with Crippen LogP contribution in [0.2, 0.25) is 0 Å². The Labute approximate surface area is 147 Å². The van der Waals surface area contributed by atoms with Crippen LogP contribution in [0.4, 0.5) is 19.0 Å². The maximum Gasteiger partial charge on any atom is 0.419 e. The van der Waals surface area contributed by atoms with Crippen molar-refractivity contribution in [1.29, 1.82) is 0 Å². The van der Waals surface area contributed by atoms with Crippen LogP contribution < -0.4 is 10.2 Å². The van der Waals surface area contributed by atoms with Gasteiger partial charge in [-0.15, -0.1) is 0 Å².